The van der Waals surface area contributed by atoms with E-state index in [2.05, 4.69) is 22.1 Å². The normalized spacial score (nSPS) is 10.8. The Bertz CT molecular complexity index is 990. The van der Waals surface area contributed by atoms with E-state index in [1.165, 1.54) is 80.9 Å². The van der Waals surface area contributed by atoms with Crippen molar-refractivity contribution in [3.63, 3.8) is 0 Å². The Hall–Kier alpha value is -1.09. The molecule has 0 unspecified atom stereocenters. The van der Waals surface area contributed by atoms with Crippen LogP contribution in [0.5, 0.6) is 11.5 Å². The Kier molecular flexibility index (Phi) is 29.4. The van der Waals surface area contributed by atoms with Crippen molar-refractivity contribution in [3.8, 4) is 11.5 Å². The minimum Gasteiger partial charge on any atom is -2.00 e. The van der Waals surface area contributed by atoms with Gasteiger partial charge in [-0.3, -0.25) is 0 Å². The summed E-state index contributed by atoms with van der Waals surface area (Å²) in [7, 11) is 0. The van der Waals surface area contributed by atoms with Crippen molar-refractivity contribution in [1.29, 1.82) is 0 Å². The molecule has 0 radical (unpaired) electrons. The van der Waals surface area contributed by atoms with Crippen LogP contribution in [0, 0.1) is 31.1 Å². The molecule has 0 amide bonds. The summed E-state index contributed by atoms with van der Waals surface area (Å²) in [6.45, 7) is 4.63. The summed E-state index contributed by atoms with van der Waals surface area (Å²) >= 11 is 13.1. The molecule has 0 aliphatic carbocycles. The van der Waals surface area contributed by atoms with Gasteiger partial charge < -0.3 is 26.3 Å². The summed E-state index contributed by atoms with van der Waals surface area (Å²) in [5, 5.41) is 40.8. The molecule has 1 N–H and O–H groups in total. The average molecular weight is 823 g/mol. The summed E-state index contributed by atoms with van der Waals surface area (Å²) in [6.07, 6.45) is 12.6. The third-order valence-corrected chi connectivity index (χ3v) is 6.36. The number of hydrogen-bond donors (Lipinski definition) is 1. The molecule has 0 bridgehead atoms. The number of aliphatic hydroxyl groups excluding tert-OH is 1. The van der Waals surface area contributed by atoms with E-state index in [0.717, 1.165) is 18.6 Å². The third-order valence-electron chi connectivity index (χ3n) is 4.81. The van der Waals surface area contributed by atoms with Crippen LogP contribution in [0.2, 0.25) is 10.0 Å². The monoisotopic (exact) mass is 821 g/mol. The van der Waals surface area contributed by atoms with E-state index in [-0.39, 0.29) is 64.2 Å². The van der Waals surface area contributed by atoms with Gasteiger partial charge in [-0.05, 0) is 36.1 Å². The molecule has 0 aromatic heterocycles. The summed E-state index contributed by atoms with van der Waals surface area (Å²) in [4.78, 5) is 4.22. The third kappa shape index (κ3) is 19.6. The molecule has 0 spiro atoms. The molecule has 0 saturated heterocycles. The molecule has 8 nitrogen and oxygen atoms in total. The first-order valence-corrected chi connectivity index (χ1v) is 14.0. The molecule has 0 fully saturated rings. The van der Waals surface area contributed by atoms with Crippen molar-refractivity contribution < 1.29 is 57.4 Å². The van der Waals surface area contributed by atoms with Gasteiger partial charge in [0.05, 0.1) is 6.21 Å². The predicted molar refractivity (Wildman–Crippen MR) is 154 cm³/mol. The van der Waals surface area contributed by atoms with Gasteiger partial charge in [-0.25, -0.2) is 4.99 Å². The van der Waals surface area contributed by atoms with Gasteiger partial charge >= 0.3 is 0 Å². The van der Waals surface area contributed by atoms with E-state index in [0.29, 0.717) is 22.4 Å². The van der Waals surface area contributed by atoms with Crippen molar-refractivity contribution in [2.45, 2.75) is 65.2 Å². The standard InChI is InChI=1S/C18H17Cl2N3O2S.C9H20O.2O.U/c1-2-7-26-18(21-10-12-5-3-4-6-16(12)24)23-22-11-13-8-14(19)9-15(20)17(13)25;1-2-3-4-5-6-7-8-9-10;;;/h3-6,8-11,24-25H,2,7H2,1H3;10H,2-9H2,1H3;;;/q;;2*-2;/p-2/b21-10+,22-11+,23-18+;;;;. The van der Waals surface area contributed by atoms with Crippen molar-refractivity contribution in [3.05, 3.63) is 57.6 Å². The zero-order valence-electron chi connectivity index (χ0n) is 22.3. The molecule has 2 aromatic carbocycles. The number of aliphatic imine (C=N–C) groups is 1. The second-order valence-electron chi connectivity index (χ2n) is 7.92. The first-order chi connectivity index (χ1) is 17.4. The van der Waals surface area contributed by atoms with Gasteiger partial charge in [-0.1, -0.05) is 117 Å². The fourth-order valence-electron chi connectivity index (χ4n) is 2.88. The van der Waals surface area contributed by atoms with Crippen LogP contribution in [-0.4, -0.2) is 35.1 Å². The van der Waals surface area contributed by atoms with Crippen LogP contribution >= 0.6 is 35.0 Å². The molecular formula is C27H35Cl2N3O5SU-6. The molecule has 218 valence electrons. The molecule has 0 heterocycles. The summed E-state index contributed by atoms with van der Waals surface area (Å²) in [5.74, 6) is 0.297. The fraction of sp³-hybridized carbons (Fsp3) is 0.444. The molecule has 0 aliphatic heterocycles. The first-order valence-electron chi connectivity index (χ1n) is 12.2. The van der Waals surface area contributed by atoms with E-state index < -0.39 is 0 Å². The van der Waals surface area contributed by atoms with Gasteiger partial charge in [0.15, 0.2) is 0 Å². The van der Waals surface area contributed by atoms with E-state index in [4.69, 9.17) is 28.3 Å². The molecule has 0 atom stereocenters. The smallest absolute Gasteiger partial charge is 0.208 e. The Morgan fingerprint density at radius 2 is 1.54 bits per heavy atom. The number of aliphatic hydroxyl groups is 1. The van der Waals surface area contributed by atoms with Crippen LogP contribution in [0.1, 0.15) is 76.3 Å². The maximum Gasteiger partial charge on any atom is 0.208 e. The summed E-state index contributed by atoms with van der Waals surface area (Å²) in [5.41, 5.74) is 0.699. The van der Waals surface area contributed by atoms with Gasteiger partial charge in [-0.15, -0.1) is 10.9 Å². The number of rotatable bonds is 12. The first kappa shape index (κ1) is 42.4. The van der Waals surface area contributed by atoms with Crippen LogP contribution in [0.25, 0.3) is 0 Å². The number of nitrogens with zero attached hydrogens (tertiary/aromatic N) is 3. The maximum absolute atomic E-state index is 11.9. The van der Waals surface area contributed by atoms with Gasteiger partial charge in [0.25, 0.3) is 0 Å². The molecule has 2 rings (SSSR count). The van der Waals surface area contributed by atoms with Crippen LogP contribution in [0.3, 0.4) is 0 Å². The van der Waals surface area contributed by atoms with Gasteiger partial charge in [0, 0.05) is 59.7 Å². The second kappa shape index (κ2) is 27.1. The van der Waals surface area contributed by atoms with Crippen molar-refractivity contribution in [1.82, 2.24) is 0 Å². The number of halogens is 2. The number of para-hydroxylation sites is 1. The fourth-order valence-corrected chi connectivity index (χ4v) is 4.01. The number of hydrogen-bond acceptors (Lipinski definition) is 6. The molecule has 0 aliphatic rings. The molecule has 39 heavy (non-hydrogen) atoms. The van der Waals surface area contributed by atoms with Gasteiger partial charge in [0.1, 0.15) is 0 Å². The van der Waals surface area contributed by atoms with Gasteiger partial charge in [-0.2, -0.15) is 5.10 Å². The van der Waals surface area contributed by atoms with Crippen molar-refractivity contribution in [2.24, 2.45) is 15.2 Å². The Balaban J connectivity index is -0.000000859. The average Bonchev–Trinajstić information content (AvgIpc) is 2.86. The molecule has 0 saturated carbocycles. The van der Waals surface area contributed by atoms with Crippen molar-refractivity contribution in [2.75, 3.05) is 12.4 Å². The zero-order valence-corrected chi connectivity index (χ0v) is 28.8. The Morgan fingerprint density at radius 3 is 2.15 bits per heavy atom. The predicted octanol–water partition coefficient (Wildman–Crippen LogP) is 6.58. The molecule has 2 aromatic rings. The number of thioether (sulfide) groups is 1. The largest absolute Gasteiger partial charge is 2.00 e. The van der Waals surface area contributed by atoms with E-state index >= 15 is 0 Å². The summed E-state index contributed by atoms with van der Waals surface area (Å²) in [6, 6.07) is 9.41. The van der Waals surface area contributed by atoms with Crippen LogP contribution < -0.4 is 10.2 Å². The van der Waals surface area contributed by atoms with Crippen molar-refractivity contribution >= 4 is 52.6 Å². The molecule has 12 heteroatoms. The van der Waals surface area contributed by atoms with E-state index in [1.54, 1.807) is 18.2 Å². The number of amidine groups is 1. The second-order valence-corrected chi connectivity index (χ2v) is 9.83. The SMILES string of the molecule is CCCCCCCCCO.CCCSC(/N=C/c1ccccc1[O-])=N/N=C/c1cc(Cl)cc(Cl)c1[O-].[O-2].[O-2].[U]. The Labute approximate surface area is 270 Å². The number of unbranched alkanes of at least 4 members (excludes halogenated alkanes) is 6. The summed E-state index contributed by atoms with van der Waals surface area (Å²) < 4.78 is 0. The van der Waals surface area contributed by atoms with E-state index in [1.807, 2.05) is 6.92 Å². The van der Waals surface area contributed by atoms with E-state index in [9.17, 15) is 10.2 Å². The minimum atomic E-state index is -0.374. The number of benzene rings is 2. The quantitative estimate of drug-likeness (QED) is 0.111. The maximum atomic E-state index is 11.9. The zero-order chi connectivity index (χ0) is 26.6. The van der Waals surface area contributed by atoms with Crippen LogP contribution in [0.15, 0.2) is 51.6 Å². The topological polar surface area (TPSA) is 160 Å². The molecular weight excluding hydrogens is 787 g/mol. The van der Waals surface area contributed by atoms with Gasteiger partial charge in [0.2, 0.25) is 5.17 Å². The Morgan fingerprint density at radius 1 is 0.897 bits per heavy atom. The van der Waals surface area contributed by atoms with Crippen LogP contribution in [-0.2, 0) is 11.0 Å². The van der Waals surface area contributed by atoms with Crippen LogP contribution in [0.4, 0.5) is 0 Å². The minimum absolute atomic E-state index is 0.